The van der Waals surface area contributed by atoms with E-state index in [1.54, 1.807) is 0 Å². The standard InChI is InChI=1S/C24H18N2O/c1-3-9-17(10-4-1)19-15-22(18-11-5-2-6-12-18)26-24-20(19)16-23(27-24)21-13-7-8-14-25-21/h1-15,23H,16H2. The van der Waals surface area contributed by atoms with E-state index in [9.17, 15) is 0 Å². The van der Waals surface area contributed by atoms with Crippen molar-refractivity contribution in [1.82, 2.24) is 9.97 Å². The maximum atomic E-state index is 6.24. The number of benzene rings is 2. The van der Waals surface area contributed by atoms with Gasteiger partial charge in [0.05, 0.1) is 11.4 Å². The van der Waals surface area contributed by atoms with E-state index in [2.05, 4.69) is 47.4 Å². The van der Waals surface area contributed by atoms with E-state index in [1.807, 2.05) is 48.7 Å². The molecule has 27 heavy (non-hydrogen) atoms. The fraction of sp³-hybridized carbons (Fsp3) is 0.0833. The molecule has 0 N–H and O–H groups in total. The molecule has 0 aliphatic carbocycles. The van der Waals surface area contributed by atoms with Gasteiger partial charge < -0.3 is 4.74 Å². The molecule has 0 amide bonds. The fourth-order valence-electron chi connectivity index (χ4n) is 3.57. The molecule has 1 aliphatic rings. The molecule has 1 aliphatic heterocycles. The van der Waals surface area contributed by atoms with Crippen LogP contribution >= 0.6 is 0 Å². The van der Waals surface area contributed by atoms with Crippen LogP contribution in [-0.4, -0.2) is 9.97 Å². The predicted molar refractivity (Wildman–Crippen MR) is 106 cm³/mol. The zero-order valence-electron chi connectivity index (χ0n) is 14.7. The van der Waals surface area contributed by atoms with Crippen LogP contribution in [0.2, 0.25) is 0 Å². The Balaban J connectivity index is 1.64. The van der Waals surface area contributed by atoms with Crippen molar-refractivity contribution in [3.05, 3.63) is 102 Å². The van der Waals surface area contributed by atoms with E-state index in [1.165, 1.54) is 11.1 Å². The molecule has 0 bridgehead atoms. The van der Waals surface area contributed by atoms with E-state index in [-0.39, 0.29) is 6.10 Å². The normalized spacial score (nSPS) is 15.2. The molecule has 3 heteroatoms. The highest BCUT2D eigenvalue weighted by Gasteiger charge is 2.30. The first-order valence-electron chi connectivity index (χ1n) is 9.11. The third-order valence-corrected chi connectivity index (χ3v) is 4.90. The minimum absolute atomic E-state index is 0.0952. The summed E-state index contributed by atoms with van der Waals surface area (Å²) < 4.78 is 6.24. The summed E-state index contributed by atoms with van der Waals surface area (Å²) in [6.45, 7) is 0. The Kier molecular flexibility index (Phi) is 3.91. The second-order valence-electron chi connectivity index (χ2n) is 6.64. The third kappa shape index (κ3) is 2.97. The van der Waals surface area contributed by atoms with Crippen LogP contribution in [0.4, 0.5) is 0 Å². The van der Waals surface area contributed by atoms with E-state index in [0.29, 0.717) is 5.88 Å². The van der Waals surface area contributed by atoms with Crippen LogP contribution in [0, 0.1) is 0 Å². The fourth-order valence-corrected chi connectivity index (χ4v) is 3.57. The summed E-state index contributed by atoms with van der Waals surface area (Å²) in [4.78, 5) is 9.31. The van der Waals surface area contributed by atoms with Crippen LogP contribution in [-0.2, 0) is 6.42 Å². The molecule has 2 aromatic heterocycles. The number of hydrogen-bond acceptors (Lipinski definition) is 3. The first-order chi connectivity index (χ1) is 13.4. The van der Waals surface area contributed by atoms with Crippen molar-refractivity contribution in [2.75, 3.05) is 0 Å². The number of fused-ring (bicyclic) bond motifs is 1. The molecule has 2 aromatic carbocycles. The van der Waals surface area contributed by atoms with Gasteiger partial charge in [-0.25, -0.2) is 4.98 Å². The summed E-state index contributed by atoms with van der Waals surface area (Å²) in [5, 5.41) is 0. The average Bonchev–Trinajstić information content (AvgIpc) is 3.19. The first-order valence-corrected chi connectivity index (χ1v) is 9.11. The second kappa shape index (κ2) is 6.69. The summed E-state index contributed by atoms with van der Waals surface area (Å²) in [6, 6.07) is 28.8. The van der Waals surface area contributed by atoms with E-state index >= 15 is 0 Å². The van der Waals surface area contributed by atoms with Crippen LogP contribution in [0.25, 0.3) is 22.4 Å². The molecule has 1 unspecified atom stereocenters. The van der Waals surface area contributed by atoms with Crippen molar-refractivity contribution in [1.29, 1.82) is 0 Å². The number of rotatable bonds is 3. The van der Waals surface area contributed by atoms with Crippen LogP contribution in [0.5, 0.6) is 5.88 Å². The van der Waals surface area contributed by atoms with Gasteiger partial charge in [-0.2, -0.15) is 0 Å². The Hall–Kier alpha value is -3.46. The van der Waals surface area contributed by atoms with Gasteiger partial charge in [-0.05, 0) is 29.3 Å². The Morgan fingerprint density at radius 3 is 2.19 bits per heavy atom. The third-order valence-electron chi connectivity index (χ3n) is 4.90. The molecule has 5 rings (SSSR count). The molecule has 0 fully saturated rings. The highest BCUT2D eigenvalue weighted by Crippen LogP contribution is 2.42. The molecule has 0 spiro atoms. The molecule has 0 saturated heterocycles. The van der Waals surface area contributed by atoms with E-state index in [0.717, 1.165) is 28.9 Å². The van der Waals surface area contributed by atoms with E-state index in [4.69, 9.17) is 9.72 Å². The van der Waals surface area contributed by atoms with Gasteiger partial charge in [-0.3, -0.25) is 4.98 Å². The van der Waals surface area contributed by atoms with Crippen molar-refractivity contribution in [3.63, 3.8) is 0 Å². The lowest BCUT2D eigenvalue weighted by atomic mass is 9.96. The van der Waals surface area contributed by atoms with Gasteiger partial charge in [0, 0.05) is 23.7 Å². The maximum Gasteiger partial charge on any atom is 0.218 e. The summed E-state index contributed by atoms with van der Waals surface area (Å²) in [6.07, 6.45) is 2.49. The van der Waals surface area contributed by atoms with Crippen LogP contribution in [0.1, 0.15) is 17.4 Å². The number of aromatic nitrogens is 2. The molecule has 0 saturated carbocycles. The molecule has 130 valence electrons. The van der Waals surface area contributed by atoms with Crippen LogP contribution < -0.4 is 4.74 Å². The van der Waals surface area contributed by atoms with Crippen LogP contribution in [0.15, 0.2) is 91.1 Å². The molecule has 3 nitrogen and oxygen atoms in total. The minimum Gasteiger partial charge on any atom is -0.467 e. The van der Waals surface area contributed by atoms with Crippen molar-refractivity contribution >= 4 is 0 Å². The second-order valence-corrected chi connectivity index (χ2v) is 6.64. The number of hydrogen-bond donors (Lipinski definition) is 0. The van der Waals surface area contributed by atoms with Crippen molar-refractivity contribution in [2.45, 2.75) is 12.5 Å². The monoisotopic (exact) mass is 350 g/mol. The lowest BCUT2D eigenvalue weighted by molar-refractivity contribution is 0.226. The summed E-state index contributed by atoms with van der Waals surface area (Å²) >= 11 is 0. The highest BCUT2D eigenvalue weighted by molar-refractivity contribution is 5.76. The Bertz CT molecular complexity index is 1060. The van der Waals surface area contributed by atoms with Gasteiger partial charge in [0.2, 0.25) is 5.88 Å². The molecule has 0 radical (unpaired) electrons. The van der Waals surface area contributed by atoms with Gasteiger partial charge in [0.1, 0.15) is 6.10 Å². The van der Waals surface area contributed by atoms with Gasteiger partial charge in [0.25, 0.3) is 0 Å². The molecule has 3 heterocycles. The topological polar surface area (TPSA) is 35.0 Å². The summed E-state index contributed by atoms with van der Waals surface area (Å²) in [7, 11) is 0. The Morgan fingerprint density at radius 2 is 1.48 bits per heavy atom. The van der Waals surface area contributed by atoms with E-state index < -0.39 is 0 Å². The van der Waals surface area contributed by atoms with Crippen molar-refractivity contribution in [2.24, 2.45) is 0 Å². The van der Waals surface area contributed by atoms with Gasteiger partial charge >= 0.3 is 0 Å². The number of ether oxygens (including phenoxy) is 1. The zero-order valence-corrected chi connectivity index (χ0v) is 14.7. The number of pyridine rings is 2. The van der Waals surface area contributed by atoms with Crippen molar-refractivity contribution < 1.29 is 4.74 Å². The van der Waals surface area contributed by atoms with Gasteiger partial charge in [0.15, 0.2) is 0 Å². The molecule has 1 atom stereocenters. The quantitative estimate of drug-likeness (QED) is 0.490. The first kappa shape index (κ1) is 15.8. The van der Waals surface area contributed by atoms with Gasteiger partial charge in [-0.1, -0.05) is 66.7 Å². The lowest BCUT2D eigenvalue weighted by Crippen LogP contribution is -2.05. The van der Waals surface area contributed by atoms with Crippen molar-refractivity contribution in [3.8, 4) is 28.3 Å². The number of nitrogens with zero attached hydrogens (tertiary/aromatic N) is 2. The predicted octanol–water partition coefficient (Wildman–Crippen LogP) is 5.49. The lowest BCUT2D eigenvalue weighted by Gasteiger charge is -2.10. The molecular formula is C24H18N2O. The molecular weight excluding hydrogens is 332 g/mol. The zero-order chi connectivity index (χ0) is 18.1. The average molecular weight is 350 g/mol. The minimum atomic E-state index is -0.0952. The Labute approximate surface area is 158 Å². The Morgan fingerprint density at radius 1 is 0.778 bits per heavy atom. The molecule has 4 aromatic rings. The van der Waals surface area contributed by atoms with Crippen LogP contribution in [0.3, 0.4) is 0 Å². The highest BCUT2D eigenvalue weighted by atomic mass is 16.5. The SMILES string of the molecule is c1ccc(-c2cc(-c3ccccc3)c3c(n2)OC(c2ccccn2)C3)cc1. The maximum absolute atomic E-state index is 6.24. The largest absolute Gasteiger partial charge is 0.467 e. The van der Waals surface area contributed by atoms with Gasteiger partial charge in [-0.15, -0.1) is 0 Å². The summed E-state index contributed by atoms with van der Waals surface area (Å²) in [5.41, 5.74) is 6.46. The smallest absolute Gasteiger partial charge is 0.218 e. The summed E-state index contributed by atoms with van der Waals surface area (Å²) in [5.74, 6) is 0.714.